The lowest BCUT2D eigenvalue weighted by molar-refractivity contribution is 0.0730. The van der Waals surface area contributed by atoms with Crippen molar-refractivity contribution in [3.8, 4) is 0 Å². The monoisotopic (exact) mass is 477 g/mol. The van der Waals surface area contributed by atoms with Crippen molar-refractivity contribution in [3.63, 3.8) is 0 Å². The second kappa shape index (κ2) is 9.79. The minimum atomic E-state index is -3.72. The molecule has 1 N–H and O–H groups in total. The van der Waals surface area contributed by atoms with Crippen LogP contribution in [0.2, 0.25) is 5.02 Å². The molecule has 2 aliphatic heterocycles. The number of carbonyl (C=O) groups is 1. The lowest BCUT2D eigenvalue weighted by atomic mass is 10.1. The highest BCUT2D eigenvalue weighted by Crippen LogP contribution is 2.30. The fourth-order valence-electron chi connectivity index (χ4n) is 4.14. The van der Waals surface area contributed by atoms with Gasteiger partial charge in [-0.1, -0.05) is 17.7 Å². The molecule has 0 atom stereocenters. The summed E-state index contributed by atoms with van der Waals surface area (Å²) in [6.07, 6.45) is 3.24. The summed E-state index contributed by atoms with van der Waals surface area (Å²) in [6.45, 7) is 4.86. The van der Waals surface area contributed by atoms with Crippen LogP contribution in [0.15, 0.2) is 41.3 Å². The smallest absolute Gasteiger partial charge is 0.257 e. The molecule has 0 saturated carbocycles. The number of nitrogens with zero attached hydrogens (tertiary/aromatic N) is 2. The van der Waals surface area contributed by atoms with Crippen molar-refractivity contribution in [1.82, 2.24) is 4.31 Å². The molecule has 0 unspecified atom stereocenters. The van der Waals surface area contributed by atoms with Crippen LogP contribution in [0.1, 0.15) is 35.2 Å². The van der Waals surface area contributed by atoms with E-state index in [1.807, 2.05) is 6.92 Å². The zero-order valence-corrected chi connectivity index (χ0v) is 19.7. The molecule has 32 heavy (non-hydrogen) atoms. The SMILES string of the molecule is Cc1c(Cl)cccc1NC(=O)c1cc(S(=O)(=O)N2CCOCC2)ccc1N1CCCCC1. The van der Waals surface area contributed by atoms with E-state index in [2.05, 4.69) is 10.2 Å². The molecular formula is C23H28ClN3O4S. The maximum Gasteiger partial charge on any atom is 0.257 e. The molecule has 172 valence electrons. The van der Waals surface area contributed by atoms with E-state index in [-0.39, 0.29) is 10.8 Å². The lowest BCUT2D eigenvalue weighted by Gasteiger charge is -2.31. The van der Waals surface area contributed by atoms with Crippen LogP contribution in [0.4, 0.5) is 11.4 Å². The first-order valence-electron chi connectivity index (χ1n) is 10.9. The van der Waals surface area contributed by atoms with Crippen LogP contribution >= 0.6 is 11.6 Å². The predicted octanol–water partition coefficient (Wildman–Crippen LogP) is 3.91. The number of carbonyl (C=O) groups excluding carboxylic acids is 1. The van der Waals surface area contributed by atoms with Crippen LogP contribution < -0.4 is 10.2 Å². The van der Waals surface area contributed by atoms with E-state index in [0.717, 1.165) is 43.6 Å². The van der Waals surface area contributed by atoms with Gasteiger partial charge in [-0.2, -0.15) is 4.31 Å². The zero-order chi connectivity index (χ0) is 22.7. The summed E-state index contributed by atoms with van der Waals surface area (Å²) in [4.78, 5) is 15.7. The topological polar surface area (TPSA) is 79.0 Å². The predicted molar refractivity (Wildman–Crippen MR) is 126 cm³/mol. The molecule has 0 spiro atoms. The third kappa shape index (κ3) is 4.78. The lowest BCUT2D eigenvalue weighted by Crippen LogP contribution is -2.40. The van der Waals surface area contributed by atoms with E-state index < -0.39 is 10.0 Å². The highest BCUT2D eigenvalue weighted by Gasteiger charge is 2.29. The van der Waals surface area contributed by atoms with Gasteiger partial charge in [-0.3, -0.25) is 4.79 Å². The molecule has 7 nitrogen and oxygen atoms in total. The summed E-state index contributed by atoms with van der Waals surface area (Å²) in [5.41, 5.74) is 2.47. The Kier molecular flexibility index (Phi) is 7.05. The van der Waals surface area contributed by atoms with Crippen molar-refractivity contribution in [2.75, 3.05) is 49.6 Å². The van der Waals surface area contributed by atoms with Crippen LogP contribution in [0.3, 0.4) is 0 Å². The maximum absolute atomic E-state index is 13.4. The van der Waals surface area contributed by atoms with E-state index >= 15 is 0 Å². The largest absolute Gasteiger partial charge is 0.379 e. The Bertz CT molecular complexity index is 1090. The number of amides is 1. The minimum absolute atomic E-state index is 0.119. The molecule has 1 amide bonds. The van der Waals surface area contributed by atoms with Gasteiger partial charge in [0.05, 0.1) is 23.7 Å². The molecule has 0 aromatic heterocycles. The number of nitrogens with one attached hydrogen (secondary N) is 1. The van der Waals surface area contributed by atoms with Crippen molar-refractivity contribution >= 4 is 38.9 Å². The number of anilines is 2. The Morgan fingerprint density at radius 3 is 2.47 bits per heavy atom. The van der Waals surface area contributed by atoms with Crippen LogP contribution in [-0.2, 0) is 14.8 Å². The molecule has 9 heteroatoms. The molecule has 0 bridgehead atoms. The molecular weight excluding hydrogens is 450 g/mol. The van der Waals surface area contributed by atoms with Crippen molar-refractivity contribution in [3.05, 3.63) is 52.5 Å². The van der Waals surface area contributed by atoms with Crippen LogP contribution in [0, 0.1) is 6.92 Å². The van der Waals surface area contributed by atoms with Gasteiger partial charge < -0.3 is 15.0 Å². The Morgan fingerprint density at radius 1 is 1.03 bits per heavy atom. The molecule has 0 aliphatic carbocycles. The second-order valence-corrected chi connectivity index (χ2v) is 10.5. The Labute approximate surface area is 194 Å². The molecule has 0 radical (unpaired) electrons. The molecule has 2 saturated heterocycles. The van der Waals surface area contributed by atoms with Gasteiger partial charge in [0.2, 0.25) is 10.0 Å². The first-order valence-corrected chi connectivity index (χ1v) is 12.7. The molecule has 2 fully saturated rings. The highest BCUT2D eigenvalue weighted by atomic mass is 35.5. The summed E-state index contributed by atoms with van der Waals surface area (Å²) in [7, 11) is -3.72. The molecule has 2 heterocycles. The number of sulfonamides is 1. The van der Waals surface area contributed by atoms with Gasteiger partial charge in [0.15, 0.2) is 0 Å². The second-order valence-electron chi connectivity index (χ2n) is 8.11. The number of morpholine rings is 1. The average Bonchev–Trinajstić information content (AvgIpc) is 2.82. The van der Waals surface area contributed by atoms with Gasteiger partial charge in [-0.25, -0.2) is 8.42 Å². The van der Waals surface area contributed by atoms with E-state index in [0.29, 0.717) is 42.6 Å². The zero-order valence-electron chi connectivity index (χ0n) is 18.1. The average molecular weight is 478 g/mol. The Balaban J connectivity index is 1.72. The number of benzene rings is 2. The van der Waals surface area contributed by atoms with Gasteiger partial charge in [0.1, 0.15) is 0 Å². The number of halogens is 1. The number of hydrogen-bond donors (Lipinski definition) is 1. The maximum atomic E-state index is 13.4. The summed E-state index contributed by atoms with van der Waals surface area (Å²) in [5, 5.41) is 3.48. The summed E-state index contributed by atoms with van der Waals surface area (Å²) >= 11 is 6.21. The summed E-state index contributed by atoms with van der Waals surface area (Å²) in [6, 6.07) is 10.2. The van der Waals surface area contributed by atoms with Gasteiger partial charge >= 0.3 is 0 Å². The first-order chi connectivity index (χ1) is 15.4. The normalized spacial score (nSPS) is 17.9. The van der Waals surface area contributed by atoms with Gasteiger partial charge in [0, 0.05) is 42.6 Å². The fraction of sp³-hybridized carbons (Fsp3) is 0.435. The third-order valence-corrected chi connectivity index (χ3v) is 8.34. The van der Waals surface area contributed by atoms with Gasteiger partial charge in [-0.05, 0) is 62.1 Å². The van der Waals surface area contributed by atoms with E-state index in [1.54, 1.807) is 30.3 Å². The van der Waals surface area contributed by atoms with E-state index in [9.17, 15) is 13.2 Å². The quantitative estimate of drug-likeness (QED) is 0.706. The van der Waals surface area contributed by atoms with E-state index in [4.69, 9.17) is 16.3 Å². The molecule has 4 rings (SSSR count). The number of hydrogen-bond acceptors (Lipinski definition) is 5. The first kappa shape index (κ1) is 23.0. The Morgan fingerprint density at radius 2 is 1.75 bits per heavy atom. The molecule has 2 aromatic carbocycles. The molecule has 2 aromatic rings. The van der Waals surface area contributed by atoms with Crippen molar-refractivity contribution in [1.29, 1.82) is 0 Å². The summed E-state index contributed by atoms with van der Waals surface area (Å²) < 4.78 is 33.1. The number of piperidine rings is 1. The standard InChI is InChI=1S/C23H28ClN3O4S/c1-17-20(24)6-5-7-21(17)25-23(28)19-16-18(32(29,30)27-12-14-31-15-13-27)8-9-22(19)26-10-3-2-4-11-26/h5-9,16H,2-4,10-15H2,1H3,(H,25,28). The molecule has 2 aliphatic rings. The van der Waals surface area contributed by atoms with Crippen molar-refractivity contribution in [2.24, 2.45) is 0 Å². The van der Waals surface area contributed by atoms with Gasteiger partial charge in [-0.15, -0.1) is 0 Å². The van der Waals surface area contributed by atoms with Crippen LogP contribution in [0.5, 0.6) is 0 Å². The van der Waals surface area contributed by atoms with E-state index in [1.165, 1.54) is 10.4 Å². The number of ether oxygens (including phenoxy) is 1. The summed E-state index contributed by atoms with van der Waals surface area (Å²) in [5.74, 6) is -0.352. The van der Waals surface area contributed by atoms with Crippen LogP contribution in [-0.4, -0.2) is 58.0 Å². The minimum Gasteiger partial charge on any atom is -0.379 e. The van der Waals surface area contributed by atoms with Crippen molar-refractivity contribution < 1.29 is 17.9 Å². The van der Waals surface area contributed by atoms with Gasteiger partial charge in [0.25, 0.3) is 5.91 Å². The van der Waals surface area contributed by atoms with Crippen LogP contribution in [0.25, 0.3) is 0 Å². The fourth-order valence-corrected chi connectivity index (χ4v) is 5.75. The van der Waals surface area contributed by atoms with Crippen molar-refractivity contribution in [2.45, 2.75) is 31.1 Å². The Hall–Kier alpha value is -2.13. The highest BCUT2D eigenvalue weighted by molar-refractivity contribution is 7.89. The number of rotatable bonds is 5. The third-order valence-electron chi connectivity index (χ3n) is 6.03.